The van der Waals surface area contributed by atoms with Gasteiger partial charge in [0, 0.05) is 28.9 Å². The number of nitrogens with zero attached hydrogens (tertiary/aromatic N) is 4. The predicted octanol–water partition coefficient (Wildman–Crippen LogP) is 3.96. The third-order valence-corrected chi connectivity index (χ3v) is 7.62. The number of fused-ring (bicyclic) bond motifs is 2. The van der Waals surface area contributed by atoms with Gasteiger partial charge in [-0.25, -0.2) is 13.3 Å². The molecule has 1 N–H and O–H groups in total. The van der Waals surface area contributed by atoms with Crippen molar-refractivity contribution in [3.05, 3.63) is 70.9 Å². The SMILES string of the molecule is Cc1ccc(OCCn2cc(C=C3C(=N)N4C(=NC3=O)SN=C4S(C)(=O)=O)c3ccccc32)c(C)c1. The predicted molar refractivity (Wildman–Crippen MR) is 143 cm³/mol. The molecule has 0 unspecified atom stereocenters. The van der Waals surface area contributed by atoms with Crippen molar-refractivity contribution < 1.29 is 17.9 Å². The zero-order chi connectivity index (χ0) is 25.6. The molecule has 0 radical (unpaired) electrons. The molecule has 0 atom stereocenters. The Hall–Kier alpha value is -3.70. The average Bonchev–Trinajstić information content (AvgIpc) is 3.40. The van der Waals surface area contributed by atoms with Crippen LogP contribution in [-0.2, 0) is 21.2 Å². The molecule has 1 amide bonds. The Balaban J connectivity index is 1.45. The standard InChI is InChI=1S/C25H23N5O4S2/c1-15-8-9-21(16(2)12-15)34-11-10-29-14-17(18-6-4-5-7-20(18)29)13-19-22(26)30-24(27-23(19)31)35-28-25(30)36(3,32)33/h4-9,12-14,26H,10-11H2,1-3H3. The molecular formula is C25H23N5O4S2. The first-order chi connectivity index (χ1) is 17.1. The maximum absolute atomic E-state index is 12.8. The van der Waals surface area contributed by atoms with Crippen LogP contribution in [0.1, 0.15) is 16.7 Å². The number of benzene rings is 2. The highest BCUT2D eigenvalue weighted by atomic mass is 32.2. The lowest BCUT2D eigenvalue weighted by molar-refractivity contribution is -0.114. The molecule has 9 nitrogen and oxygen atoms in total. The van der Waals surface area contributed by atoms with Gasteiger partial charge in [0.25, 0.3) is 5.91 Å². The summed E-state index contributed by atoms with van der Waals surface area (Å²) in [7, 11) is -3.71. The van der Waals surface area contributed by atoms with Crippen LogP contribution in [-0.4, -0.2) is 52.8 Å². The van der Waals surface area contributed by atoms with Crippen LogP contribution in [0.4, 0.5) is 0 Å². The van der Waals surface area contributed by atoms with Crippen molar-refractivity contribution in [3.8, 4) is 5.75 Å². The number of amides is 1. The Labute approximate surface area is 212 Å². The molecule has 0 saturated heterocycles. The van der Waals surface area contributed by atoms with Crippen LogP contribution >= 0.6 is 11.9 Å². The third kappa shape index (κ3) is 4.35. The maximum atomic E-state index is 12.8. The molecule has 0 saturated carbocycles. The highest BCUT2D eigenvalue weighted by Gasteiger charge is 2.41. The molecule has 3 heterocycles. The summed E-state index contributed by atoms with van der Waals surface area (Å²) in [5.41, 5.74) is 3.91. The van der Waals surface area contributed by atoms with Crippen LogP contribution in [0.15, 0.2) is 63.6 Å². The van der Waals surface area contributed by atoms with E-state index in [9.17, 15) is 13.2 Å². The molecule has 0 aliphatic carbocycles. The van der Waals surface area contributed by atoms with Crippen LogP contribution < -0.4 is 4.74 Å². The number of ether oxygens (including phenoxy) is 1. The van der Waals surface area contributed by atoms with Gasteiger partial charge in [-0.15, -0.1) is 0 Å². The van der Waals surface area contributed by atoms with Crippen molar-refractivity contribution in [2.24, 2.45) is 9.39 Å². The van der Waals surface area contributed by atoms with E-state index >= 15 is 0 Å². The number of amidine groups is 3. The van der Waals surface area contributed by atoms with E-state index < -0.39 is 15.7 Å². The number of nitrogens with one attached hydrogen (secondary N) is 1. The molecule has 184 valence electrons. The number of sulfone groups is 1. The topological polar surface area (TPSA) is 117 Å². The van der Waals surface area contributed by atoms with Gasteiger partial charge in [-0.2, -0.15) is 9.39 Å². The summed E-state index contributed by atoms with van der Waals surface area (Å²) in [6.07, 6.45) is 4.49. The van der Waals surface area contributed by atoms with E-state index in [2.05, 4.69) is 15.5 Å². The fraction of sp³-hybridized carbons (Fsp3) is 0.200. The molecule has 0 spiro atoms. The first-order valence-corrected chi connectivity index (χ1v) is 13.8. The number of hydrogen-bond donors (Lipinski definition) is 1. The van der Waals surface area contributed by atoms with Crippen molar-refractivity contribution >= 4 is 60.8 Å². The molecule has 2 aromatic carbocycles. The molecule has 2 aliphatic heterocycles. The Morgan fingerprint density at radius 1 is 1.17 bits per heavy atom. The van der Waals surface area contributed by atoms with Gasteiger partial charge < -0.3 is 9.30 Å². The average molecular weight is 522 g/mol. The van der Waals surface area contributed by atoms with Gasteiger partial charge in [0.2, 0.25) is 20.2 Å². The Bertz CT molecular complexity index is 1630. The van der Waals surface area contributed by atoms with Gasteiger partial charge in [0.05, 0.1) is 24.1 Å². The third-order valence-electron chi connectivity index (χ3n) is 5.87. The highest BCUT2D eigenvalue weighted by molar-refractivity contribution is 8.16. The lowest BCUT2D eigenvalue weighted by Crippen LogP contribution is -2.45. The molecular weight excluding hydrogens is 498 g/mol. The van der Waals surface area contributed by atoms with Crippen molar-refractivity contribution in [1.29, 1.82) is 5.41 Å². The largest absolute Gasteiger partial charge is 0.491 e. The van der Waals surface area contributed by atoms with E-state index in [0.29, 0.717) is 18.7 Å². The number of carbonyl (C=O) groups is 1. The van der Waals surface area contributed by atoms with Crippen LogP contribution in [0, 0.1) is 19.3 Å². The van der Waals surface area contributed by atoms with Gasteiger partial charge in [-0.05, 0) is 37.6 Å². The Morgan fingerprint density at radius 2 is 1.94 bits per heavy atom. The van der Waals surface area contributed by atoms with Crippen molar-refractivity contribution in [2.45, 2.75) is 20.4 Å². The number of aliphatic imine (C=N–C) groups is 1. The van der Waals surface area contributed by atoms with Crippen LogP contribution in [0.3, 0.4) is 0 Å². The summed E-state index contributed by atoms with van der Waals surface area (Å²) < 4.78 is 36.2. The number of aryl methyl sites for hydroxylation is 2. The smallest absolute Gasteiger partial charge is 0.283 e. The van der Waals surface area contributed by atoms with E-state index in [-0.39, 0.29) is 21.7 Å². The summed E-state index contributed by atoms with van der Waals surface area (Å²) in [4.78, 5) is 17.8. The minimum Gasteiger partial charge on any atom is -0.491 e. The minimum atomic E-state index is -3.71. The molecule has 5 rings (SSSR count). The first kappa shape index (κ1) is 24.0. The first-order valence-electron chi connectivity index (χ1n) is 11.1. The molecule has 0 bridgehead atoms. The van der Waals surface area contributed by atoms with Crippen LogP contribution in [0.5, 0.6) is 5.75 Å². The van der Waals surface area contributed by atoms with Gasteiger partial charge in [-0.1, -0.05) is 35.9 Å². The second-order valence-corrected chi connectivity index (χ2v) is 11.2. The molecule has 3 aromatic rings. The van der Waals surface area contributed by atoms with E-state index in [4.69, 9.17) is 10.1 Å². The number of para-hydroxylation sites is 1. The van der Waals surface area contributed by atoms with E-state index in [1.54, 1.807) is 6.08 Å². The van der Waals surface area contributed by atoms with Gasteiger partial charge >= 0.3 is 0 Å². The maximum Gasteiger partial charge on any atom is 0.283 e. The fourth-order valence-electron chi connectivity index (χ4n) is 4.18. The molecule has 0 fully saturated rings. The summed E-state index contributed by atoms with van der Waals surface area (Å²) in [5, 5.41) is 9.24. The zero-order valence-electron chi connectivity index (χ0n) is 19.8. The number of rotatable bonds is 5. The number of carbonyl (C=O) groups excluding carboxylic acids is 1. The van der Waals surface area contributed by atoms with Gasteiger partial charge in [0.15, 0.2) is 0 Å². The summed E-state index contributed by atoms with van der Waals surface area (Å²) in [5.74, 6) is -0.0472. The van der Waals surface area contributed by atoms with E-state index in [1.807, 2.05) is 61.0 Å². The lowest BCUT2D eigenvalue weighted by Gasteiger charge is -2.23. The molecule has 2 aliphatic rings. The lowest BCUT2D eigenvalue weighted by atomic mass is 10.1. The number of aromatic nitrogens is 1. The zero-order valence-corrected chi connectivity index (χ0v) is 21.5. The minimum absolute atomic E-state index is 0.00738. The van der Waals surface area contributed by atoms with Crippen molar-refractivity contribution in [1.82, 2.24) is 9.47 Å². The molecule has 1 aromatic heterocycles. The van der Waals surface area contributed by atoms with Crippen molar-refractivity contribution in [3.63, 3.8) is 0 Å². The quantitative estimate of drug-likeness (QED) is 0.401. The van der Waals surface area contributed by atoms with Crippen LogP contribution in [0.2, 0.25) is 0 Å². The van der Waals surface area contributed by atoms with Gasteiger partial charge in [0.1, 0.15) is 18.2 Å². The molecule has 11 heteroatoms. The Kier molecular flexibility index (Phi) is 6.05. The molecule has 36 heavy (non-hydrogen) atoms. The fourth-order valence-corrected chi connectivity index (χ4v) is 6.03. The monoisotopic (exact) mass is 521 g/mol. The van der Waals surface area contributed by atoms with Crippen LogP contribution in [0.25, 0.3) is 17.0 Å². The Morgan fingerprint density at radius 3 is 2.69 bits per heavy atom. The van der Waals surface area contributed by atoms with E-state index in [1.165, 1.54) is 5.56 Å². The second kappa shape index (κ2) is 9.07. The van der Waals surface area contributed by atoms with Crippen molar-refractivity contribution in [2.75, 3.05) is 12.9 Å². The van der Waals surface area contributed by atoms with Gasteiger partial charge in [-0.3, -0.25) is 10.2 Å². The second-order valence-electron chi connectivity index (χ2n) is 8.59. The summed E-state index contributed by atoms with van der Waals surface area (Å²) in [6.45, 7) is 5.07. The normalized spacial score (nSPS) is 17.0. The van der Waals surface area contributed by atoms with E-state index in [0.717, 1.165) is 45.3 Å². The number of hydrogen-bond acceptors (Lipinski definition) is 7. The summed E-state index contributed by atoms with van der Waals surface area (Å²) >= 11 is 0.771. The highest BCUT2D eigenvalue weighted by Crippen LogP contribution is 2.31. The summed E-state index contributed by atoms with van der Waals surface area (Å²) in [6, 6.07) is 13.8.